The van der Waals surface area contributed by atoms with Crippen molar-refractivity contribution in [2.45, 2.75) is 52.1 Å². The maximum atomic E-state index is 13.4. The number of rotatable bonds is 4. The van der Waals surface area contributed by atoms with Crippen LogP contribution in [-0.2, 0) is 13.0 Å². The standard InChI is InChI=1S/C16H20F2N4O/c1-10-5-11(2)22(21-10)15-19-13(7-14(9-23)20-15)6-12-3-4-16(17,18)8-12/h5,7,12,23H,3-4,6,8-9H2,1-2H3. The van der Waals surface area contributed by atoms with Crippen LogP contribution in [0, 0.1) is 19.8 Å². The number of nitrogens with zero attached hydrogens (tertiary/aromatic N) is 4. The fraction of sp³-hybridized carbons (Fsp3) is 0.562. The van der Waals surface area contributed by atoms with Crippen molar-refractivity contribution in [3.63, 3.8) is 0 Å². The van der Waals surface area contributed by atoms with Gasteiger partial charge in [-0.3, -0.25) is 0 Å². The third-order valence-electron chi connectivity index (χ3n) is 4.18. The first-order chi connectivity index (χ1) is 10.9. The van der Waals surface area contributed by atoms with Crippen LogP contribution in [0.1, 0.15) is 42.0 Å². The summed E-state index contributed by atoms with van der Waals surface area (Å²) >= 11 is 0. The van der Waals surface area contributed by atoms with E-state index in [1.165, 1.54) is 0 Å². The molecule has 1 fully saturated rings. The molecule has 1 aliphatic rings. The van der Waals surface area contributed by atoms with Gasteiger partial charge in [0, 0.05) is 24.2 Å². The van der Waals surface area contributed by atoms with Gasteiger partial charge in [-0.25, -0.2) is 23.4 Å². The zero-order valence-electron chi connectivity index (χ0n) is 13.3. The SMILES string of the molecule is Cc1cc(C)n(-c2nc(CO)cc(CC3CCC(F)(F)C3)n2)n1. The van der Waals surface area contributed by atoms with Crippen LogP contribution in [0.4, 0.5) is 8.78 Å². The molecule has 1 N–H and O–H groups in total. The summed E-state index contributed by atoms with van der Waals surface area (Å²) in [5, 5.41) is 13.8. The smallest absolute Gasteiger partial charge is 0.251 e. The van der Waals surface area contributed by atoms with Crippen molar-refractivity contribution in [3.05, 3.63) is 34.9 Å². The molecule has 1 atom stereocenters. The Kier molecular flexibility index (Phi) is 4.14. The lowest BCUT2D eigenvalue weighted by molar-refractivity contribution is 0.00505. The van der Waals surface area contributed by atoms with E-state index in [-0.39, 0.29) is 25.4 Å². The van der Waals surface area contributed by atoms with Gasteiger partial charge in [-0.05, 0) is 44.7 Å². The molecule has 2 aromatic heterocycles. The van der Waals surface area contributed by atoms with Crippen molar-refractivity contribution >= 4 is 0 Å². The lowest BCUT2D eigenvalue weighted by Gasteiger charge is -2.12. The summed E-state index contributed by atoms with van der Waals surface area (Å²) in [4.78, 5) is 8.76. The molecule has 1 saturated carbocycles. The van der Waals surface area contributed by atoms with Gasteiger partial charge < -0.3 is 5.11 Å². The van der Waals surface area contributed by atoms with Gasteiger partial charge in [0.1, 0.15) is 0 Å². The maximum Gasteiger partial charge on any atom is 0.251 e. The van der Waals surface area contributed by atoms with Gasteiger partial charge in [0.05, 0.1) is 18.0 Å². The minimum atomic E-state index is -2.56. The Hall–Kier alpha value is -1.89. The first-order valence-corrected chi connectivity index (χ1v) is 7.75. The van der Waals surface area contributed by atoms with Crippen molar-refractivity contribution in [2.24, 2.45) is 5.92 Å². The lowest BCUT2D eigenvalue weighted by Crippen LogP contribution is -2.13. The lowest BCUT2D eigenvalue weighted by atomic mass is 10.0. The van der Waals surface area contributed by atoms with E-state index in [0.29, 0.717) is 30.2 Å². The van der Waals surface area contributed by atoms with E-state index in [9.17, 15) is 13.9 Å². The van der Waals surface area contributed by atoms with Crippen molar-refractivity contribution in [2.75, 3.05) is 0 Å². The summed E-state index contributed by atoms with van der Waals surface area (Å²) in [6.45, 7) is 3.55. The molecule has 23 heavy (non-hydrogen) atoms. The second-order valence-electron chi connectivity index (χ2n) is 6.32. The Morgan fingerprint density at radius 2 is 2.00 bits per heavy atom. The molecule has 3 rings (SSSR count). The number of halogens is 2. The van der Waals surface area contributed by atoms with Crippen LogP contribution in [0.2, 0.25) is 0 Å². The van der Waals surface area contributed by atoms with Crippen LogP contribution in [0.15, 0.2) is 12.1 Å². The third kappa shape index (κ3) is 3.55. The highest BCUT2D eigenvalue weighted by Crippen LogP contribution is 2.40. The Labute approximate surface area is 133 Å². The van der Waals surface area contributed by atoms with Crippen molar-refractivity contribution < 1.29 is 13.9 Å². The number of aromatic nitrogens is 4. The summed E-state index contributed by atoms with van der Waals surface area (Å²) in [6, 6.07) is 3.60. The molecular formula is C16H20F2N4O. The molecule has 0 amide bonds. The largest absolute Gasteiger partial charge is 0.390 e. The zero-order valence-corrected chi connectivity index (χ0v) is 13.3. The third-order valence-corrected chi connectivity index (χ3v) is 4.18. The molecule has 2 aromatic rings. The fourth-order valence-electron chi connectivity index (χ4n) is 3.16. The fourth-order valence-corrected chi connectivity index (χ4v) is 3.16. The number of alkyl halides is 2. The van der Waals surface area contributed by atoms with E-state index < -0.39 is 5.92 Å². The molecule has 124 valence electrons. The van der Waals surface area contributed by atoms with E-state index in [2.05, 4.69) is 15.1 Å². The Balaban J connectivity index is 1.89. The van der Waals surface area contributed by atoms with Gasteiger partial charge in [0.2, 0.25) is 5.92 Å². The van der Waals surface area contributed by atoms with Crippen molar-refractivity contribution in [3.8, 4) is 5.95 Å². The Morgan fingerprint density at radius 1 is 1.26 bits per heavy atom. The molecule has 5 nitrogen and oxygen atoms in total. The molecule has 2 heterocycles. The predicted octanol–water partition coefficient (Wildman–Crippen LogP) is 2.75. The van der Waals surface area contributed by atoms with Crippen LogP contribution in [0.3, 0.4) is 0 Å². The molecule has 7 heteroatoms. The van der Waals surface area contributed by atoms with Crippen LogP contribution < -0.4 is 0 Å². The molecular weight excluding hydrogens is 302 g/mol. The highest BCUT2D eigenvalue weighted by atomic mass is 19.3. The van der Waals surface area contributed by atoms with Gasteiger partial charge in [0.25, 0.3) is 5.95 Å². The topological polar surface area (TPSA) is 63.8 Å². The van der Waals surface area contributed by atoms with E-state index in [1.54, 1.807) is 10.7 Å². The normalized spacial score (nSPS) is 20.1. The summed E-state index contributed by atoms with van der Waals surface area (Å²) < 4.78 is 28.3. The molecule has 0 radical (unpaired) electrons. The summed E-state index contributed by atoms with van der Waals surface area (Å²) in [6.07, 6.45) is 0.818. The second-order valence-corrected chi connectivity index (χ2v) is 6.32. The summed E-state index contributed by atoms with van der Waals surface area (Å²) in [5.41, 5.74) is 2.88. The van der Waals surface area contributed by atoms with E-state index in [4.69, 9.17) is 0 Å². The van der Waals surface area contributed by atoms with Gasteiger partial charge >= 0.3 is 0 Å². The van der Waals surface area contributed by atoms with Crippen LogP contribution >= 0.6 is 0 Å². The Morgan fingerprint density at radius 3 is 2.57 bits per heavy atom. The van der Waals surface area contributed by atoms with Gasteiger partial charge in [-0.15, -0.1) is 0 Å². The predicted molar refractivity (Wildman–Crippen MR) is 80.5 cm³/mol. The van der Waals surface area contributed by atoms with Crippen LogP contribution in [0.25, 0.3) is 5.95 Å². The average molecular weight is 322 g/mol. The quantitative estimate of drug-likeness (QED) is 0.940. The van der Waals surface area contributed by atoms with Crippen LogP contribution in [-0.4, -0.2) is 30.8 Å². The minimum absolute atomic E-state index is 0.0556. The molecule has 0 aliphatic heterocycles. The maximum absolute atomic E-state index is 13.4. The monoisotopic (exact) mass is 322 g/mol. The molecule has 1 unspecified atom stereocenters. The summed E-state index contributed by atoms with van der Waals surface area (Å²) in [7, 11) is 0. The molecule has 0 bridgehead atoms. The zero-order chi connectivity index (χ0) is 16.6. The van der Waals surface area contributed by atoms with Gasteiger partial charge in [-0.2, -0.15) is 5.10 Å². The average Bonchev–Trinajstić information content (AvgIpc) is 3.00. The molecule has 0 aromatic carbocycles. The first kappa shape index (κ1) is 16.0. The number of hydrogen-bond donors (Lipinski definition) is 1. The molecule has 0 saturated heterocycles. The van der Waals surface area contributed by atoms with Crippen molar-refractivity contribution in [1.29, 1.82) is 0 Å². The van der Waals surface area contributed by atoms with E-state index >= 15 is 0 Å². The van der Waals surface area contributed by atoms with E-state index in [0.717, 1.165) is 11.4 Å². The number of hydrogen-bond acceptors (Lipinski definition) is 4. The number of aryl methyl sites for hydroxylation is 2. The number of aliphatic hydroxyl groups is 1. The van der Waals surface area contributed by atoms with Gasteiger partial charge in [-0.1, -0.05) is 0 Å². The van der Waals surface area contributed by atoms with Crippen LogP contribution in [0.5, 0.6) is 0 Å². The number of aliphatic hydroxyl groups excluding tert-OH is 1. The van der Waals surface area contributed by atoms with Crippen molar-refractivity contribution in [1.82, 2.24) is 19.7 Å². The second kappa shape index (κ2) is 5.96. The van der Waals surface area contributed by atoms with Gasteiger partial charge in [0.15, 0.2) is 0 Å². The molecule has 1 aliphatic carbocycles. The highest BCUT2D eigenvalue weighted by molar-refractivity contribution is 5.23. The Bertz CT molecular complexity index is 714. The first-order valence-electron chi connectivity index (χ1n) is 7.75. The molecule has 0 spiro atoms. The summed E-state index contributed by atoms with van der Waals surface area (Å²) in [5.74, 6) is -2.27. The highest BCUT2D eigenvalue weighted by Gasteiger charge is 2.39. The minimum Gasteiger partial charge on any atom is -0.390 e. The van der Waals surface area contributed by atoms with E-state index in [1.807, 2.05) is 19.9 Å².